The molecule has 1 saturated heterocycles. The Labute approximate surface area is 125 Å². The van der Waals surface area contributed by atoms with Gasteiger partial charge in [-0.15, -0.1) is 0 Å². The molecule has 3 atom stereocenters. The smallest absolute Gasteiger partial charge is 0.308 e. The number of methoxy groups -OCH3 is 1. The Kier molecular flexibility index (Phi) is 3.69. The minimum Gasteiger partial charge on any atom is -0.469 e. The summed E-state index contributed by atoms with van der Waals surface area (Å²) in [5.74, 6) is 0.0301. The maximum Gasteiger partial charge on any atom is 0.308 e. The first-order chi connectivity index (χ1) is 10.2. The number of ether oxygens (including phenoxy) is 1. The summed E-state index contributed by atoms with van der Waals surface area (Å²) in [4.78, 5) is 14.1. The van der Waals surface area contributed by atoms with E-state index in [4.69, 9.17) is 4.74 Å². The van der Waals surface area contributed by atoms with Crippen molar-refractivity contribution in [2.45, 2.75) is 19.4 Å². The maximum atomic E-state index is 11.7. The van der Waals surface area contributed by atoms with Crippen LogP contribution in [-0.4, -0.2) is 31.1 Å². The molecule has 2 aliphatic rings. The quantitative estimate of drug-likeness (QED) is 0.799. The summed E-state index contributed by atoms with van der Waals surface area (Å²) < 4.78 is 4.85. The molecule has 1 saturated carbocycles. The van der Waals surface area contributed by atoms with Gasteiger partial charge in [0.25, 0.3) is 0 Å². The number of carbonyl (C=O) groups is 1. The van der Waals surface area contributed by atoms with Crippen molar-refractivity contribution in [2.75, 3.05) is 20.2 Å². The molecule has 21 heavy (non-hydrogen) atoms. The van der Waals surface area contributed by atoms with Gasteiger partial charge in [-0.05, 0) is 24.3 Å². The van der Waals surface area contributed by atoms with E-state index in [0.29, 0.717) is 6.42 Å². The van der Waals surface area contributed by atoms with Crippen LogP contribution < -0.4 is 0 Å². The Morgan fingerprint density at radius 3 is 2.86 bits per heavy atom. The third kappa shape index (κ3) is 2.54. The van der Waals surface area contributed by atoms with Crippen LogP contribution >= 0.6 is 0 Å². The highest BCUT2D eigenvalue weighted by Gasteiger charge is 2.55. The molecule has 2 fully saturated rings. The largest absolute Gasteiger partial charge is 0.469 e. The second-order valence-corrected chi connectivity index (χ2v) is 6.28. The molecular formula is C17H20N2O2. The predicted octanol–water partition coefficient (Wildman–Crippen LogP) is 2.21. The molecule has 0 amide bonds. The molecule has 0 radical (unpaired) electrons. The van der Waals surface area contributed by atoms with Crippen LogP contribution in [0.1, 0.15) is 18.4 Å². The third-order valence-corrected chi connectivity index (χ3v) is 4.95. The second-order valence-electron chi connectivity index (χ2n) is 6.28. The summed E-state index contributed by atoms with van der Waals surface area (Å²) in [5, 5.41) is 9.65. The fourth-order valence-corrected chi connectivity index (χ4v) is 3.96. The SMILES string of the molecule is COC(=O)[C@H]1C[C@@H]2CN(Cc3ccccc3)C[C@]2(C#N)C1. The number of likely N-dealkylation sites (tertiary alicyclic amines) is 1. The van der Waals surface area contributed by atoms with Crippen LogP contribution in [-0.2, 0) is 16.1 Å². The minimum absolute atomic E-state index is 0.0986. The van der Waals surface area contributed by atoms with Gasteiger partial charge in [-0.3, -0.25) is 9.69 Å². The molecule has 1 aromatic rings. The summed E-state index contributed by atoms with van der Waals surface area (Å²) in [6, 6.07) is 12.8. The number of carbonyl (C=O) groups excluding carboxylic acids is 1. The highest BCUT2D eigenvalue weighted by Crippen LogP contribution is 2.51. The van der Waals surface area contributed by atoms with Crippen molar-refractivity contribution in [3.05, 3.63) is 35.9 Å². The van der Waals surface area contributed by atoms with Crippen LogP contribution in [0, 0.1) is 28.6 Å². The Morgan fingerprint density at radius 1 is 1.48 bits per heavy atom. The number of rotatable bonds is 3. The molecule has 1 aliphatic heterocycles. The van der Waals surface area contributed by atoms with Crippen LogP contribution in [0.25, 0.3) is 0 Å². The fraction of sp³-hybridized carbons (Fsp3) is 0.529. The Balaban J connectivity index is 1.69. The van der Waals surface area contributed by atoms with Crippen molar-refractivity contribution in [1.29, 1.82) is 5.26 Å². The zero-order chi connectivity index (χ0) is 14.9. The minimum atomic E-state index is -0.367. The van der Waals surface area contributed by atoms with Gasteiger partial charge in [0.15, 0.2) is 0 Å². The number of nitrogens with zero attached hydrogens (tertiary/aromatic N) is 2. The molecule has 0 N–H and O–H groups in total. The van der Waals surface area contributed by atoms with Gasteiger partial charge in [0.1, 0.15) is 0 Å². The van der Waals surface area contributed by atoms with E-state index in [9.17, 15) is 10.1 Å². The van der Waals surface area contributed by atoms with Gasteiger partial charge < -0.3 is 4.74 Å². The molecule has 4 nitrogen and oxygen atoms in total. The number of nitriles is 1. The lowest BCUT2D eigenvalue weighted by molar-refractivity contribution is -0.145. The monoisotopic (exact) mass is 284 g/mol. The van der Waals surface area contributed by atoms with Crippen LogP contribution in [0.5, 0.6) is 0 Å². The molecule has 0 aromatic heterocycles. The van der Waals surface area contributed by atoms with Gasteiger partial charge in [-0.25, -0.2) is 0 Å². The molecule has 1 aromatic carbocycles. The van der Waals surface area contributed by atoms with Gasteiger partial charge in [-0.2, -0.15) is 5.26 Å². The molecule has 0 spiro atoms. The zero-order valence-corrected chi connectivity index (χ0v) is 12.3. The first-order valence-corrected chi connectivity index (χ1v) is 7.42. The third-order valence-electron chi connectivity index (χ3n) is 4.95. The summed E-state index contributed by atoms with van der Waals surface area (Å²) in [7, 11) is 1.43. The van der Waals surface area contributed by atoms with E-state index in [0.717, 1.165) is 26.1 Å². The Bertz CT molecular complexity index is 566. The standard InChI is InChI=1S/C17H20N2O2/c1-21-16(20)14-7-15-10-19(12-17(15,8-14)11-18)9-13-5-3-2-4-6-13/h2-6,14-15H,7-10,12H2,1H3/t14-,15+,17+/m0/s1. The molecule has 1 aliphatic carbocycles. The van der Waals surface area contributed by atoms with Crippen molar-refractivity contribution in [3.8, 4) is 6.07 Å². The van der Waals surface area contributed by atoms with E-state index in [-0.39, 0.29) is 23.2 Å². The molecule has 0 unspecified atom stereocenters. The Morgan fingerprint density at radius 2 is 2.24 bits per heavy atom. The van der Waals surface area contributed by atoms with Crippen molar-refractivity contribution in [3.63, 3.8) is 0 Å². The van der Waals surface area contributed by atoms with E-state index in [1.165, 1.54) is 12.7 Å². The van der Waals surface area contributed by atoms with Crippen molar-refractivity contribution < 1.29 is 9.53 Å². The highest BCUT2D eigenvalue weighted by atomic mass is 16.5. The average molecular weight is 284 g/mol. The van der Waals surface area contributed by atoms with Gasteiger partial charge >= 0.3 is 5.97 Å². The lowest BCUT2D eigenvalue weighted by atomic mass is 9.82. The zero-order valence-electron chi connectivity index (χ0n) is 12.3. The number of hydrogen-bond acceptors (Lipinski definition) is 4. The van der Waals surface area contributed by atoms with Gasteiger partial charge in [-0.1, -0.05) is 30.3 Å². The normalized spacial score (nSPS) is 31.6. The highest BCUT2D eigenvalue weighted by molar-refractivity contribution is 5.73. The molecule has 4 heteroatoms. The van der Waals surface area contributed by atoms with Crippen molar-refractivity contribution in [2.24, 2.45) is 17.3 Å². The summed E-state index contributed by atoms with van der Waals surface area (Å²) in [6.45, 7) is 2.54. The number of esters is 1. The molecule has 110 valence electrons. The van der Waals surface area contributed by atoms with Gasteiger partial charge in [0.2, 0.25) is 0 Å². The second kappa shape index (κ2) is 5.50. The lowest BCUT2D eigenvalue weighted by Gasteiger charge is -2.21. The van der Waals surface area contributed by atoms with E-state index < -0.39 is 0 Å². The first kappa shape index (κ1) is 14.1. The molecule has 3 rings (SSSR count). The maximum absolute atomic E-state index is 11.7. The first-order valence-electron chi connectivity index (χ1n) is 7.42. The van der Waals surface area contributed by atoms with Crippen LogP contribution in [0.2, 0.25) is 0 Å². The Hall–Kier alpha value is -1.86. The molecular weight excluding hydrogens is 264 g/mol. The van der Waals surface area contributed by atoms with E-state index in [2.05, 4.69) is 23.1 Å². The number of hydrogen-bond donors (Lipinski definition) is 0. The van der Waals surface area contributed by atoms with Crippen LogP contribution in [0.4, 0.5) is 0 Å². The fourth-order valence-electron chi connectivity index (χ4n) is 3.96. The predicted molar refractivity (Wildman–Crippen MR) is 78.0 cm³/mol. The summed E-state index contributed by atoms with van der Waals surface area (Å²) in [5.41, 5.74) is 0.906. The van der Waals surface area contributed by atoms with Crippen molar-refractivity contribution in [1.82, 2.24) is 4.90 Å². The van der Waals surface area contributed by atoms with Gasteiger partial charge in [0, 0.05) is 19.6 Å². The van der Waals surface area contributed by atoms with Crippen LogP contribution in [0.15, 0.2) is 30.3 Å². The summed E-state index contributed by atoms with van der Waals surface area (Å²) in [6.07, 6.45) is 1.43. The number of fused-ring (bicyclic) bond motifs is 1. The topological polar surface area (TPSA) is 53.3 Å². The summed E-state index contributed by atoms with van der Waals surface area (Å²) >= 11 is 0. The van der Waals surface area contributed by atoms with E-state index in [1.54, 1.807) is 0 Å². The molecule has 1 heterocycles. The van der Waals surface area contributed by atoms with Gasteiger partial charge in [0.05, 0.1) is 24.5 Å². The van der Waals surface area contributed by atoms with E-state index >= 15 is 0 Å². The lowest BCUT2D eigenvalue weighted by Crippen LogP contribution is -2.27. The van der Waals surface area contributed by atoms with Crippen molar-refractivity contribution >= 4 is 5.97 Å². The molecule has 0 bridgehead atoms. The van der Waals surface area contributed by atoms with E-state index in [1.807, 2.05) is 18.2 Å². The average Bonchev–Trinajstić information content (AvgIpc) is 3.01. The number of benzene rings is 1. The van der Waals surface area contributed by atoms with Crippen LogP contribution in [0.3, 0.4) is 0 Å².